The van der Waals surface area contributed by atoms with Crippen molar-refractivity contribution in [2.75, 3.05) is 93.8 Å². The van der Waals surface area contributed by atoms with Gasteiger partial charge in [-0.25, -0.2) is 19.4 Å². The lowest BCUT2D eigenvalue weighted by Gasteiger charge is -2.14. The van der Waals surface area contributed by atoms with E-state index < -0.39 is 23.9 Å². The van der Waals surface area contributed by atoms with Crippen LogP contribution in [0.15, 0.2) is 141 Å². The SMILES string of the molecule is CCOC(=O)C1=C(O)/C(=C/c2ccc(OCCOCCOCCOCCNC(=O)c3cc(NC(=O)Nc4ccc(C#N)cc4)cc(NC(=O)Nc4ccc(C5=NCCN5)cc4)c3)c(O)c2)SC1=Nc1ccccc1. The highest BCUT2D eigenvalue weighted by molar-refractivity contribution is 8.18. The summed E-state index contributed by atoms with van der Waals surface area (Å²) in [5.74, 6) is -0.536. The van der Waals surface area contributed by atoms with Gasteiger partial charge in [0.05, 0.1) is 75.0 Å². The topological polar surface area (TPSA) is 276 Å². The first-order chi connectivity index (χ1) is 36.0. The Kier molecular flexibility index (Phi) is 19.5. The lowest BCUT2D eigenvalue weighted by Crippen LogP contribution is -2.28. The monoisotopic (exact) mass is 1020 g/mol. The number of nitriles is 1. The summed E-state index contributed by atoms with van der Waals surface area (Å²) in [7, 11) is 0. The molecule has 5 amide bonds. The highest BCUT2D eigenvalue weighted by Gasteiger charge is 2.33. The standard InChI is InChI=1S/C53H53N9O11S/c1-2-72-51(66)46-47(64)45(74-50(46)58-38-6-4-3-5-7-38)29-35-10-17-44(43(63)28-35)73-27-26-71-25-24-70-23-22-69-21-20-57-49(65)37-30-41(61-52(67)59-39-13-8-34(33-54)9-14-39)32-42(31-37)62-53(68)60-40-15-11-36(12-16-40)48-55-18-19-56-48/h3-17,28-32,63-64H,2,18-27H2,1H3,(H,55,56)(H,57,65)(H2,59,61,67)(H2,60,62,68)/b45-29-,58-50?. The van der Waals surface area contributed by atoms with Gasteiger partial charge in [0, 0.05) is 47.0 Å². The number of aromatic hydroxyl groups is 1. The van der Waals surface area contributed by atoms with Crippen molar-refractivity contribution < 1.29 is 53.1 Å². The molecule has 382 valence electrons. The molecule has 0 saturated carbocycles. The van der Waals surface area contributed by atoms with Crippen molar-refractivity contribution >= 4 is 81.1 Å². The van der Waals surface area contributed by atoms with Crippen LogP contribution in [-0.4, -0.2) is 118 Å². The number of rotatable bonds is 23. The Morgan fingerprint density at radius 3 is 1.99 bits per heavy atom. The number of esters is 1. The van der Waals surface area contributed by atoms with Crippen LogP contribution in [0.2, 0.25) is 0 Å². The molecule has 21 heteroatoms. The Morgan fingerprint density at radius 2 is 1.38 bits per heavy atom. The Bertz CT molecular complexity index is 2960. The van der Waals surface area contributed by atoms with E-state index in [9.17, 15) is 29.4 Å². The van der Waals surface area contributed by atoms with Crippen molar-refractivity contribution in [3.05, 3.63) is 154 Å². The number of phenolic OH excluding ortho intramolecular Hbond substituents is 1. The zero-order valence-corrected chi connectivity index (χ0v) is 41.0. The zero-order chi connectivity index (χ0) is 52.1. The van der Waals surface area contributed by atoms with Gasteiger partial charge in [0.25, 0.3) is 5.91 Å². The Hall–Kier alpha value is -8.68. The number of aliphatic imine (C=N–C) groups is 2. The van der Waals surface area contributed by atoms with Gasteiger partial charge in [-0.3, -0.25) is 9.79 Å². The number of ether oxygens (including phenoxy) is 5. The van der Waals surface area contributed by atoms with Crippen molar-refractivity contribution in [2.45, 2.75) is 6.92 Å². The molecule has 0 fully saturated rings. The fourth-order valence-corrected chi connectivity index (χ4v) is 8.06. The predicted molar refractivity (Wildman–Crippen MR) is 283 cm³/mol. The second-order valence-electron chi connectivity index (χ2n) is 15.9. The van der Waals surface area contributed by atoms with Crippen molar-refractivity contribution in [1.82, 2.24) is 10.6 Å². The second kappa shape index (κ2) is 27.2. The summed E-state index contributed by atoms with van der Waals surface area (Å²) in [5, 5.41) is 47.9. The normalized spacial score (nSPS) is 13.9. The van der Waals surface area contributed by atoms with Crippen LogP contribution in [0.1, 0.15) is 34.0 Å². The van der Waals surface area contributed by atoms with Crippen molar-refractivity contribution in [3.63, 3.8) is 0 Å². The first kappa shape index (κ1) is 53.1. The number of amidine groups is 1. The molecule has 2 aliphatic heterocycles. The third-order valence-corrected chi connectivity index (χ3v) is 11.5. The molecule has 0 atom stereocenters. The molecule has 8 N–H and O–H groups in total. The van der Waals surface area contributed by atoms with Gasteiger partial charge in [-0.15, -0.1) is 0 Å². The van der Waals surface area contributed by atoms with Gasteiger partial charge >= 0.3 is 18.0 Å². The van der Waals surface area contributed by atoms with E-state index in [0.717, 1.165) is 29.7 Å². The third kappa shape index (κ3) is 15.9. The number of aliphatic hydroxyl groups is 1. The number of para-hydroxylation sites is 1. The van der Waals surface area contributed by atoms with Crippen LogP contribution in [0.25, 0.3) is 6.08 Å². The first-order valence-corrected chi connectivity index (χ1v) is 24.2. The molecule has 0 bridgehead atoms. The maximum absolute atomic E-state index is 13.3. The summed E-state index contributed by atoms with van der Waals surface area (Å²) >= 11 is 1.11. The number of hydrogen-bond donors (Lipinski definition) is 8. The fourth-order valence-electron chi connectivity index (χ4n) is 7.02. The molecular formula is C53H53N9O11S. The van der Waals surface area contributed by atoms with Crippen LogP contribution in [-0.2, 0) is 23.7 Å². The lowest BCUT2D eigenvalue weighted by atomic mass is 10.1. The minimum Gasteiger partial charge on any atom is -0.506 e. The molecule has 7 rings (SSSR count). The maximum atomic E-state index is 13.3. The summed E-state index contributed by atoms with van der Waals surface area (Å²) in [5.41, 5.74) is 4.01. The molecule has 0 aliphatic carbocycles. The molecule has 0 spiro atoms. The number of phenols is 1. The number of amides is 5. The summed E-state index contributed by atoms with van der Waals surface area (Å²) in [6, 6.07) is 32.5. The summed E-state index contributed by atoms with van der Waals surface area (Å²) in [6.45, 7) is 5.06. The Labute approximate surface area is 430 Å². The Morgan fingerprint density at radius 1 is 0.757 bits per heavy atom. The number of hydrogen-bond acceptors (Lipinski definition) is 16. The van der Waals surface area contributed by atoms with Crippen LogP contribution in [0.5, 0.6) is 11.5 Å². The van der Waals surface area contributed by atoms with E-state index in [1.165, 1.54) is 24.3 Å². The highest BCUT2D eigenvalue weighted by Crippen LogP contribution is 2.41. The van der Waals surface area contributed by atoms with E-state index in [-0.39, 0.29) is 99.2 Å². The van der Waals surface area contributed by atoms with E-state index in [0.29, 0.717) is 44.7 Å². The van der Waals surface area contributed by atoms with Gasteiger partial charge < -0.3 is 65.8 Å². The van der Waals surface area contributed by atoms with Gasteiger partial charge in [0.15, 0.2) is 11.5 Å². The van der Waals surface area contributed by atoms with Gasteiger partial charge in [0.2, 0.25) is 0 Å². The van der Waals surface area contributed by atoms with E-state index in [1.54, 1.807) is 73.7 Å². The third-order valence-electron chi connectivity index (χ3n) is 10.5. The second-order valence-corrected chi connectivity index (χ2v) is 16.9. The molecule has 5 aromatic rings. The molecular weight excluding hydrogens is 971 g/mol. The molecule has 0 radical (unpaired) electrons. The van der Waals surface area contributed by atoms with E-state index >= 15 is 0 Å². The molecule has 2 aliphatic rings. The van der Waals surface area contributed by atoms with Crippen LogP contribution in [0, 0.1) is 11.3 Å². The fraction of sp³-hybridized carbons (Fsp3) is 0.226. The van der Waals surface area contributed by atoms with Gasteiger partial charge in [0.1, 0.15) is 28.8 Å². The molecule has 0 saturated heterocycles. The number of nitrogens with zero attached hydrogens (tertiary/aromatic N) is 3. The highest BCUT2D eigenvalue weighted by atomic mass is 32.2. The summed E-state index contributed by atoms with van der Waals surface area (Å²) < 4.78 is 27.6. The molecule has 0 aromatic heterocycles. The van der Waals surface area contributed by atoms with Crippen LogP contribution in [0.4, 0.5) is 38.0 Å². The number of aliphatic hydroxyl groups excluding tert-OH is 1. The van der Waals surface area contributed by atoms with Crippen molar-refractivity contribution in [1.29, 1.82) is 5.26 Å². The minimum atomic E-state index is -0.688. The minimum absolute atomic E-state index is 0.0295. The maximum Gasteiger partial charge on any atom is 0.344 e. The smallest absolute Gasteiger partial charge is 0.344 e. The summed E-state index contributed by atoms with van der Waals surface area (Å²) in [6.07, 6.45) is 1.63. The largest absolute Gasteiger partial charge is 0.506 e. The Balaban J connectivity index is 0.801. The van der Waals surface area contributed by atoms with Crippen LogP contribution in [0.3, 0.4) is 0 Å². The van der Waals surface area contributed by atoms with Crippen LogP contribution < -0.4 is 36.6 Å². The van der Waals surface area contributed by atoms with Gasteiger partial charge in [-0.05, 0) is 110 Å². The number of thioether (sulfide) groups is 1. The van der Waals surface area contributed by atoms with E-state index in [2.05, 4.69) is 41.9 Å². The quantitative estimate of drug-likeness (QED) is 0.0228. The summed E-state index contributed by atoms with van der Waals surface area (Å²) in [4.78, 5) is 61.3. The molecule has 0 unspecified atom stereocenters. The average molecular weight is 1020 g/mol. The molecule has 2 heterocycles. The lowest BCUT2D eigenvalue weighted by molar-refractivity contribution is -0.138. The number of benzene rings is 5. The zero-order valence-electron chi connectivity index (χ0n) is 40.1. The van der Waals surface area contributed by atoms with Crippen LogP contribution >= 0.6 is 11.8 Å². The average Bonchev–Trinajstić information content (AvgIpc) is 4.04. The molecule has 20 nitrogen and oxygen atoms in total. The van der Waals surface area contributed by atoms with Gasteiger partial charge in [-0.1, -0.05) is 36.0 Å². The number of anilines is 4. The number of carbonyl (C=O) groups is 4. The van der Waals surface area contributed by atoms with Crippen molar-refractivity contribution in [2.24, 2.45) is 9.98 Å². The number of urea groups is 2. The first-order valence-electron chi connectivity index (χ1n) is 23.4. The van der Waals surface area contributed by atoms with Crippen molar-refractivity contribution in [3.8, 4) is 17.6 Å². The van der Waals surface area contributed by atoms with E-state index in [4.69, 9.17) is 28.9 Å². The van der Waals surface area contributed by atoms with Gasteiger partial charge in [-0.2, -0.15) is 5.26 Å². The molecule has 5 aromatic carbocycles. The number of nitrogens with one attached hydrogen (secondary N) is 6. The predicted octanol–water partition coefficient (Wildman–Crippen LogP) is 7.95. The number of carbonyl (C=O) groups excluding carboxylic acids is 4. The molecule has 74 heavy (non-hydrogen) atoms. The van der Waals surface area contributed by atoms with E-state index in [1.807, 2.05) is 36.4 Å².